The molecule has 3 aromatic rings. The Morgan fingerprint density at radius 3 is 2.62 bits per heavy atom. The number of aromatic nitrogens is 1. The summed E-state index contributed by atoms with van der Waals surface area (Å²) in [4.78, 5) is 5.60. The van der Waals surface area contributed by atoms with E-state index in [2.05, 4.69) is 77.8 Å². The lowest BCUT2D eigenvalue weighted by Gasteiger charge is -2.15. The van der Waals surface area contributed by atoms with Gasteiger partial charge in [0, 0.05) is 36.4 Å². The van der Waals surface area contributed by atoms with E-state index in [4.69, 9.17) is 4.74 Å². The molecule has 1 aromatic heterocycles. The fourth-order valence-electron chi connectivity index (χ4n) is 2.98. The van der Waals surface area contributed by atoms with Gasteiger partial charge in [-0.1, -0.05) is 24.3 Å². The Kier molecular flexibility index (Phi) is 5.18. The molecule has 0 aliphatic rings. The first kappa shape index (κ1) is 16.6. The maximum Gasteiger partial charge on any atom is 0.123 e. The van der Waals surface area contributed by atoms with Crippen molar-refractivity contribution in [3.8, 4) is 5.75 Å². The number of benzene rings is 2. The highest BCUT2D eigenvalue weighted by molar-refractivity contribution is 5.80. The molecule has 24 heavy (non-hydrogen) atoms. The van der Waals surface area contributed by atoms with Gasteiger partial charge in [0.25, 0.3) is 0 Å². The van der Waals surface area contributed by atoms with Gasteiger partial charge in [-0.2, -0.15) is 0 Å². The lowest BCUT2D eigenvalue weighted by Crippen LogP contribution is -2.15. The third-order valence-corrected chi connectivity index (χ3v) is 4.06. The van der Waals surface area contributed by atoms with E-state index in [-0.39, 0.29) is 0 Å². The first-order chi connectivity index (χ1) is 11.7. The fourth-order valence-corrected chi connectivity index (χ4v) is 2.98. The second kappa shape index (κ2) is 7.51. The SMILES string of the molecule is COc1ccc(CNCc2cc3ccccc3[nH]2)cc1CN(C)C. The number of nitrogens with zero attached hydrogens (tertiary/aromatic N) is 1. The monoisotopic (exact) mass is 323 g/mol. The molecule has 2 N–H and O–H groups in total. The molecular formula is C20H25N3O. The van der Waals surface area contributed by atoms with Crippen LogP contribution in [-0.4, -0.2) is 31.1 Å². The zero-order valence-corrected chi connectivity index (χ0v) is 14.6. The minimum Gasteiger partial charge on any atom is -0.496 e. The van der Waals surface area contributed by atoms with Gasteiger partial charge in [-0.3, -0.25) is 0 Å². The second-order valence-corrected chi connectivity index (χ2v) is 6.37. The minimum atomic E-state index is 0.823. The molecule has 4 heteroatoms. The first-order valence-corrected chi connectivity index (χ1v) is 8.23. The van der Waals surface area contributed by atoms with Crippen molar-refractivity contribution < 1.29 is 4.74 Å². The molecule has 0 aliphatic heterocycles. The third kappa shape index (κ3) is 3.96. The van der Waals surface area contributed by atoms with E-state index < -0.39 is 0 Å². The number of H-pyrrole nitrogens is 1. The summed E-state index contributed by atoms with van der Waals surface area (Å²) in [7, 11) is 5.86. The van der Waals surface area contributed by atoms with Crippen LogP contribution >= 0.6 is 0 Å². The van der Waals surface area contributed by atoms with Crippen LogP contribution in [0.4, 0.5) is 0 Å². The molecule has 0 saturated carbocycles. The Hall–Kier alpha value is -2.30. The number of methoxy groups -OCH3 is 1. The van der Waals surface area contributed by atoms with Crippen LogP contribution in [0.1, 0.15) is 16.8 Å². The van der Waals surface area contributed by atoms with Crippen molar-refractivity contribution in [1.82, 2.24) is 15.2 Å². The Morgan fingerprint density at radius 1 is 1.04 bits per heavy atom. The number of ether oxygens (including phenoxy) is 1. The minimum absolute atomic E-state index is 0.823. The third-order valence-electron chi connectivity index (χ3n) is 4.06. The van der Waals surface area contributed by atoms with E-state index in [1.54, 1.807) is 7.11 Å². The van der Waals surface area contributed by atoms with E-state index in [0.717, 1.165) is 25.4 Å². The Labute approximate surface area is 143 Å². The van der Waals surface area contributed by atoms with Gasteiger partial charge in [0.1, 0.15) is 5.75 Å². The van der Waals surface area contributed by atoms with Crippen LogP contribution in [0.25, 0.3) is 10.9 Å². The van der Waals surface area contributed by atoms with Gasteiger partial charge in [-0.05, 0) is 49.3 Å². The summed E-state index contributed by atoms with van der Waals surface area (Å²) in [6.45, 7) is 2.53. The molecule has 0 unspecified atom stereocenters. The summed E-state index contributed by atoms with van der Waals surface area (Å²) >= 11 is 0. The summed E-state index contributed by atoms with van der Waals surface area (Å²) < 4.78 is 5.46. The Bertz CT molecular complexity index is 775. The lowest BCUT2D eigenvalue weighted by atomic mass is 10.1. The molecule has 0 spiro atoms. The van der Waals surface area contributed by atoms with E-state index in [0.29, 0.717) is 0 Å². The molecule has 1 heterocycles. The fraction of sp³-hybridized carbons (Fsp3) is 0.300. The van der Waals surface area contributed by atoms with E-state index in [1.165, 1.54) is 27.7 Å². The average Bonchev–Trinajstić information content (AvgIpc) is 2.97. The molecule has 0 bridgehead atoms. The van der Waals surface area contributed by atoms with Crippen molar-refractivity contribution in [2.24, 2.45) is 0 Å². The van der Waals surface area contributed by atoms with Crippen molar-refractivity contribution in [3.05, 3.63) is 65.4 Å². The van der Waals surface area contributed by atoms with Gasteiger partial charge < -0.3 is 19.9 Å². The highest BCUT2D eigenvalue weighted by Gasteiger charge is 2.06. The zero-order valence-electron chi connectivity index (χ0n) is 14.6. The molecule has 2 aromatic carbocycles. The van der Waals surface area contributed by atoms with Crippen molar-refractivity contribution in [2.45, 2.75) is 19.6 Å². The molecule has 0 amide bonds. The van der Waals surface area contributed by atoms with Gasteiger partial charge in [0.05, 0.1) is 7.11 Å². The summed E-state index contributed by atoms with van der Waals surface area (Å²) in [5.41, 5.74) is 4.88. The Balaban J connectivity index is 1.63. The summed E-state index contributed by atoms with van der Waals surface area (Å²) in [6, 6.07) is 17.0. The summed E-state index contributed by atoms with van der Waals surface area (Å²) in [5, 5.41) is 4.77. The number of hydrogen-bond donors (Lipinski definition) is 2. The topological polar surface area (TPSA) is 40.3 Å². The standard InChI is InChI=1S/C20H25N3O/c1-23(2)14-17-10-15(8-9-20(17)24-3)12-21-13-18-11-16-6-4-5-7-19(16)22-18/h4-11,21-22H,12-14H2,1-3H3. The van der Waals surface area contributed by atoms with E-state index in [9.17, 15) is 0 Å². The van der Waals surface area contributed by atoms with Gasteiger partial charge in [-0.25, -0.2) is 0 Å². The molecule has 126 valence electrons. The maximum atomic E-state index is 5.46. The van der Waals surface area contributed by atoms with E-state index in [1.807, 2.05) is 0 Å². The van der Waals surface area contributed by atoms with Crippen LogP contribution in [0.3, 0.4) is 0 Å². The zero-order chi connectivity index (χ0) is 16.9. The van der Waals surface area contributed by atoms with Crippen molar-refractivity contribution >= 4 is 10.9 Å². The number of hydrogen-bond acceptors (Lipinski definition) is 3. The number of rotatable bonds is 7. The summed E-state index contributed by atoms with van der Waals surface area (Å²) in [5.74, 6) is 0.947. The van der Waals surface area contributed by atoms with Crippen molar-refractivity contribution in [3.63, 3.8) is 0 Å². The van der Waals surface area contributed by atoms with Crippen LogP contribution in [0.5, 0.6) is 5.75 Å². The molecule has 3 rings (SSSR count). The highest BCUT2D eigenvalue weighted by atomic mass is 16.5. The maximum absolute atomic E-state index is 5.46. The molecule has 4 nitrogen and oxygen atoms in total. The first-order valence-electron chi connectivity index (χ1n) is 8.23. The largest absolute Gasteiger partial charge is 0.496 e. The molecule has 0 fully saturated rings. The second-order valence-electron chi connectivity index (χ2n) is 6.37. The normalized spacial score (nSPS) is 11.3. The van der Waals surface area contributed by atoms with Gasteiger partial charge in [-0.15, -0.1) is 0 Å². The van der Waals surface area contributed by atoms with Crippen LogP contribution in [0.2, 0.25) is 0 Å². The smallest absolute Gasteiger partial charge is 0.123 e. The molecular weight excluding hydrogens is 298 g/mol. The Morgan fingerprint density at radius 2 is 1.88 bits per heavy atom. The quantitative estimate of drug-likeness (QED) is 0.699. The van der Waals surface area contributed by atoms with Gasteiger partial charge in [0.15, 0.2) is 0 Å². The number of nitrogens with one attached hydrogen (secondary N) is 2. The van der Waals surface area contributed by atoms with Crippen LogP contribution < -0.4 is 10.1 Å². The summed E-state index contributed by atoms with van der Waals surface area (Å²) in [6.07, 6.45) is 0. The number of para-hydroxylation sites is 1. The van der Waals surface area contributed by atoms with Crippen molar-refractivity contribution in [2.75, 3.05) is 21.2 Å². The highest BCUT2D eigenvalue weighted by Crippen LogP contribution is 2.21. The molecule has 0 saturated heterocycles. The molecule has 0 radical (unpaired) electrons. The predicted octanol–water partition coefficient (Wildman–Crippen LogP) is 3.53. The molecule has 0 atom stereocenters. The average molecular weight is 323 g/mol. The van der Waals surface area contributed by atoms with Gasteiger partial charge >= 0.3 is 0 Å². The molecule has 0 aliphatic carbocycles. The van der Waals surface area contributed by atoms with E-state index >= 15 is 0 Å². The van der Waals surface area contributed by atoms with Crippen LogP contribution in [-0.2, 0) is 19.6 Å². The lowest BCUT2D eigenvalue weighted by molar-refractivity contribution is 0.371. The predicted molar refractivity (Wildman–Crippen MR) is 99.2 cm³/mol. The number of aromatic amines is 1. The van der Waals surface area contributed by atoms with Crippen molar-refractivity contribution in [1.29, 1.82) is 0 Å². The van der Waals surface area contributed by atoms with Crippen LogP contribution in [0.15, 0.2) is 48.5 Å². The number of fused-ring (bicyclic) bond motifs is 1. The van der Waals surface area contributed by atoms with Crippen LogP contribution in [0, 0.1) is 0 Å². The van der Waals surface area contributed by atoms with Gasteiger partial charge in [0.2, 0.25) is 0 Å².